The standard InChI is InChI=1S/C9H10N2O6/c1-16-5(12)3-4(8(14)17-2)6-7(13)11-9(15)10-6/h3H2,1-2H3,(H2,10,11,13,15)/b6-4+. The summed E-state index contributed by atoms with van der Waals surface area (Å²) in [7, 11) is 2.23. The molecule has 0 aromatic heterocycles. The van der Waals surface area contributed by atoms with Gasteiger partial charge >= 0.3 is 18.0 Å². The molecule has 17 heavy (non-hydrogen) atoms. The van der Waals surface area contributed by atoms with Crippen LogP contribution in [0.1, 0.15) is 6.42 Å². The number of carbonyl (C=O) groups is 4. The maximum atomic E-state index is 11.4. The molecule has 0 radical (unpaired) electrons. The number of carbonyl (C=O) groups excluding carboxylic acids is 4. The number of rotatable bonds is 3. The number of amides is 3. The minimum Gasteiger partial charge on any atom is -0.469 e. The Morgan fingerprint density at radius 2 is 1.76 bits per heavy atom. The first-order valence-corrected chi connectivity index (χ1v) is 4.50. The van der Waals surface area contributed by atoms with Crippen LogP contribution in [0.3, 0.4) is 0 Å². The monoisotopic (exact) mass is 242 g/mol. The molecule has 2 N–H and O–H groups in total. The lowest BCUT2D eigenvalue weighted by atomic mass is 10.1. The number of urea groups is 1. The summed E-state index contributed by atoms with van der Waals surface area (Å²) in [5.41, 5.74) is -0.560. The predicted octanol–water partition coefficient (Wildman–Crippen LogP) is -1.18. The third-order valence-electron chi connectivity index (χ3n) is 1.98. The molecule has 8 heteroatoms. The number of imide groups is 1. The Hall–Kier alpha value is -2.38. The smallest absolute Gasteiger partial charge is 0.336 e. The van der Waals surface area contributed by atoms with Gasteiger partial charge in [0, 0.05) is 0 Å². The van der Waals surface area contributed by atoms with Gasteiger partial charge < -0.3 is 14.8 Å². The molecule has 0 saturated carbocycles. The molecular weight excluding hydrogens is 232 g/mol. The molecule has 1 saturated heterocycles. The fourth-order valence-electron chi connectivity index (χ4n) is 1.18. The van der Waals surface area contributed by atoms with Crippen molar-refractivity contribution in [3.8, 4) is 0 Å². The molecule has 0 atom stereocenters. The lowest BCUT2D eigenvalue weighted by Gasteiger charge is -2.06. The molecule has 8 nitrogen and oxygen atoms in total. The van der Waals surface area contributed by atoms with E-state index in [9.17, 15) is 19.2 Å². The van der Waals surface area contributed by atoms with Crippen molar-refractivity contribution < 1.29 is 28.7 Å². The molecule has 0 aromatic carbocycles. The van der Waals surface area contributed by atoms with Crippen LogP contribution >= 0.6 is 0 Å². The number of ether oxygens (including phenoxy) is 2. The third kappa shape index (κ3) is 2.80. The fourth-order valence-corrected chi connectivity index (χ4v) is 1.18. The first kappa shape index (κ1) is 12.7. The van der Waals surface area contributed by atoms with Crippen LogP contribution in [0.15, 0.2) is 11.3 Å². The van der Waals surface area contributed by atoms with Gasteiger partial charge in [-0.3, -0.25) is 14.9 Å². The van der Waals surface area contributed by atoms with E-state index >= 15 is 0 Å². The molecule has 1 aliphatic rings. The van der Waals surface area contributed by atoms with Crippen molar-refractivity contribution in [1.82, 2.24) is 10.6 Å². The van der Waals surface area contributed by atoms with Gasteiger partial charge in [-0.15, -0.1) is 0 Å². The van der Waals surface area contributed by atoms with Crippen LogP contribution in [-0.4, -0.2) is 38.1 Å². The summed E-state index contributed by atoms with van der Waals surface area (Å²) in [4.78, 5) is 44.7. The molecule has 0 spiro atoms. The van der Waals surface area contributed by atoms with Crippen LogP contribution in [0, 0.1) is 0 Å². The Bertz CT molecular complexity index is 425. The van der Waals surface area contributed by atoms with Crippen molar-refractivity contribution in [3.63, 3.8) is 0 Å². The summed E-state index contributed by atoms with van der Waals surface area (Å²) in [6.07, 6.45) is -0.466. The second-order valence-electron chi connectivity index (χ2n) is 3.01. The average molecular weight is 242 g/mol. The van der Waals surface area contributed by atoms with Crippen molar-refractivity contribution >= 4 is 23.9 Å². The summed E-state index contributed by atoms with van der Waals surface area (Å²) in [6, 6.07) is -0.767. The summed E-state index contributed by atoms with van der Waals surface area (Å²) in [6.45, 7) is 0. The zero-order valence-electron chi connectivity index (χ0n) is 9.16. The normalized spacial score (nSPS) is 17.1. The van der Waals surface area contributed by atoms with Crippen LogP contribution in [0.2, 0.25) is 0 Å². The van der Waals surface area contributed by atoms with Gasteiger partial charge in [0.25, 0.3) is 5.91 Å². The molecule has 0 aliphatic carbocycles. The molecular formula is C9H10N2O6. The second kappa shape index (κ2) is 5.10. The molecule has 1 aliphatic heterocycles. The maximum Gasteiger partial charge on any atom is 0.336 e. The summed E-state index contributed by atoms with van der Waals surface area (Å²) >= 11 is 0. The van der Waals surface area contributed by atoms with Gasteiger partial charge in [-0.2, -0.15) is 0 Å². The van der Waals surface area contributed by atoms with Gasteiger partial charge in [0.1, 0.15) is 5.70 Å². The number of hydrogen-bond donors (Lipinski definition) is 2. The summed E-state index contributed by atoms with van der Waals surface area (Å²) < 4.78 is 8.79. The predicted molar refractivity (Wildman–Crippen MR) is 52.3 cm³/mol. The quantitative estimate of drug-likeness (QED) is 0.366. The zero-order valence-corrected chi connectivity index (χ0v) is 9.16. The number of hydrogen-bond acceptors (Lipinski definition) is 6. The molecule has 92 valence electrons. The number of methoxy groups -OCH3 is 2. The highest BCUT2D eigenvalue weighted by Crippen LogP contribution is 2.13. The van der Waals surface area contributed by atoms with Gasteiger partial charge in [-0.1, -0.05) is 0 Å². The fraction of sp³-hybridized carbons (Fsp3) is 0.333. The van der Waals surface area contributed by atoms with Gasteiger partial charge in [0.2, 0.25) is 0 Å². The van der Waals surface area contributed by atoms with E-state index < -0.39 is 30.3 Å². The molecule has 0 bridgehead atoms. The number of esters is 2. The molecule has 1 rings (SSSR count). The molecule has 3 amide bonds. The Balaban J connectivity index is 3.09. The van der Waals surface area contributed by atoms with Crippen molar-refractivity contribution in [2.75, 3.05) is 14.2 Å². The molecule has 1 fully saturated rings. The van der Waals surface area contributed by atoms with E-state index in [1.54, 1.807) is 0 Å². The van der Waals surface area contributed by atoms with E-state index in [2.05, 4.69) is 14.8 Å². The Labute approximate surface area is 95.9 Å². The summed E-state index contributed by atoms with van der Waals surface area (Å²) in [5, 5.41) is 4.03. The van der Waals surface area contributed by atoms with Crippen LogP contribution in [0.4, 0.5) is 4.79 Å². The van der Waals surface area contributed by atoms with E-state index in [1.807, 2.05) is 5.32 Å². The lowest BCUT2D eigenvalue weighted by Crippen LogP contribution is -2.22. The van der Waals surface area contributed by atoms with Gasteiger partial charge in [-0.25, -0.2) is 9.59 Å². The maximum absolute atomic E-state index is 11.4. The Morgan fingerprint density at radius 3 is 2.18 bits per heavy atom. The van der Waals surface area contributed by atoms with Crippen molar-refractivity contribution in [3.05, 3.63) is 11.3 Å². The highest BCUT2D eigenvalue weighted by Gasteiger charge is 2.31. The lowest BCUT2D eigenvalue weighted by molar-refractivity contribution is -0.143. The molecule has 0 aromatic rings. The van der Waals surface area contributed by atoms with E-state index in [-0.39, 0.29) is 11.3 Å². The SMILES string of the molecule is COC(=O)C/C(C(=O)OC)=C1\NC(=O)NC1=O. The van der Waals surface area contributed by atoms with E-state index in [4.69, 9.17) is 0 Å². The molecule has 0 unspecified atom stereocenters. The van der Waals surface area contributed by atoms with Crippen LogP contribution in [-0.2, 0) is 23.9 Å². The topological polar surface area (TPSA) is 111 Å². The minimum absolute atomic E-state index is 0.261. The molecule has 1 heterocycles. The van der Waals surface area contributed by atoms with Gasteiger partial charge in [0.05, 0.1) is 26.2 Å². The Morgan fingerprint density at radius 1 is 1.12 bits per heavy atom. The average Bonchev–Trinajstić information content (AvgIpc) is 2.63. The first-order chi connectivity index (χ1) is 7.99. The third-order valence-corrected chi connectivity index (χ3v) is 1.98. The second-order valence-corrected chi connectivity index (χ2v) is 3.01. The van der Waals surface area contributed by atoms with Crippen molar-refractivity contribution in [2.24, 2.45) is 0 Å². The number of nitrogens with one attached hydrogen (secondary N) is 2. The van der Waals surface area contributed by atoms with Crippen molar-refractivity contribution in [2.45, 2.75) is 6.42 Å². The highest BCUT2D eigenvalue weighted by atomic mass is 16.5. The van der Waals surface area contributed by atoms with E-state index in [1.165, 1.54) is 0 Å². The first-order valence-electron chi connectivity index (χ1n) is 4.50. The van der Waals surface area contributed by atoms with Crippen molar-refractivity contribution in [1.29, 1.82) is 0 Å². The van der Waals surface area contributed by atoms with E-state index in [0.717, 1.165) is 14.2 Å². The van der Waals surface area contributed by atoms with Crippen LogP contribution < -0.4 is 10.6 Å². The summed E-state index contributed by atoms with van der Waals surface area (Å²) in [5.74, 6) is -2.41. The van der Waals surface area contributed by atoms with Gasteiger partial charge in [0.15, 0.2) is 0 Å². The van der Waals surface area contributed by atoms with E-state index in [0.29, 0.717) is 0 Å². The largest absolute Gasteiger partial charge is 0.469 e. The minimum atomic E-state index is -0.886. The van der Waals surface area contributed by atoms with Crippen LogP contribution in [0.25, 0.3) is 0 Å². The Kier molecular flexibility index (Phi) is 3.81. The van der Waals surface area contributed by atoms with Gasteiger partial charge in [-0.05, 0) is 0 Å². The zero-order chi connectivity index (χ0) is 13.0. The van der Waals surface area contributed by atoms with Crippen LogP contribution in [0.5, 0.6) is 0 Å². The highest BCUT2D eigenvalue weighted by molar-refractivity contribution is 6.15.